The van der Waals surface area contributed by atoms with Crippen LogP contribution >= 0.6 is 0 Å². The fraction of sp³-hybridized carbons (Fsp3) is 0.433. The summed E-state index contributed by atoms with van der Waals surface area (Å²) in [4.78, 5) is 34.4. The van der Waals surface area contributed by atoms with E-state index in [0.29, 0.717) is 49.7 Å². The van der Waals surface area contributed by atoms with Gasteiger partial charge in [-0.3, -0.25) is 4.79 Å². The van der Waals surface area contributed by atoms with E-state index in [1.54, 1.807) is 47.8 Å². The number of imidazole rings is 1. The number of hydrogen-bond donors (Lipinski definition) is 2. The molecule has 0 unspecified atom stereocenters. The first-order valence-electron chi connectivity index (χ1n) is 13.7. The third kappa shape index (κ3) is 7.08. The number of hydrogen-bond acceptors (Lipinski definition) is 7. The average Bonchev–Trinajstić information content (AvgIpc) is 3.63. The van der Waals surface area contributed by atoms with Crippen LogP contribution in [0.15, 0.2) is 48.9 Å². The molecule has 0 spiro atoms. The summed E-state index contributed by atoms with van der Waals surface area (Å²) in [5.41, 5.74) is 1.05. The molecule has 1 saturated heterocycles. The van der Waals surface area contributed by atoms with Gasteiger partial charge in [-0.1, -0.05) is 6.07 Å². The molecule has 5 rings (SSSR count). The number of H-pyrrole nitrogens is 1. The lowest BCUT2D eigenvalue weighted by atomic mass is 9.80. The molecular weight excluding hydrogens is 531 g/mol. The number of piperidine rings is 1. The van der Waals surface area contributed by atoms with Gasteiger partial charge in [-0.2, -0.15) is 0 Å². The van der Waals surface area contributed by atoms with Crippen molar-refractivity contribution in [3.8, 4) is 17.2 Å². The number of fused-ring (bicyclic) bond motifs is 1. The molecule has 1 aromatic heterocycles. The highest BCUT2D eigenvalue weighted by atomic mass is 19.1. The van der Waals surface area contributed by atoms with Gasteiger partial charge in [-0.15, -0.1) is 0 Å². The largest absolute Gasteiger partial charge is 0.493 e. The number of aromatic amines is 1. The van der Waals surface area contributed by atoms with Crippen molar-refractivity contribution >= 4 is 12.0 Å². The van der Waals surface area contributed by atoms with Crippen molar-refractivity contribution in [2.24, 2.45) is 5.92 Å². The first-order chi connectivity index (χ1) is 19.7. The van der Waals surface area contributed by atoms with E-state index < -0.39 is 17.3 Å². The fourth-order valence-electron chi connectivity index (χ4n) is 5.08. The van der Waals surface area contributed by atoms with Gasteiger partial charge >= 0.3 is 6.09 Å². The molecule has 0 aliphatic carbocycles. The predicted octanol–water partition coefficient (Wildman–Crippen LogP) is 4.67. The lowest BCUT2D eigenvalue weighted by Gasteiger charge is -2.39. The number of benzene rings is 2. The molecule has 10 nitrogen and oxygen atoms in total. The minimum absolute atomic E-state index is 0.0166. The second-order valence-electron chi connectivity index (χ2n) is 11.2. The number of amides is 2. The van der Waals surface area contributed by atoms with Crippen molar-refractivity contribution in [2.45, 2.75) is 45.1 Å². The molecule has 0 saturated carbocycles. The summed E-state index contributed by atoms with van der Waals surface area (Å²) in [6.07, 6.45) is 4.01. The Balaban J connectivity index is 1.32. The van der Waals surface area contributed by atoms with Gasteiger partial charge in [0.2, 0.25) is 6.79 Å². The van der Waals surface area contributed by atoms with E-state index >= 15 is 0 Å². The summed E-state index contributed by atoms with van der Waals surface area (Å²) in [5.74, 6) is 0.572. The van der Waals surface area contributed by atoms with Gasteiger partial charge in [0.05, 0.1) is 18.5 Å². The van der Waals surface area contributed by atoms with Crippen LogP contribution in [0.25, 0.3) is 0 Å². The highest BCUT2D eigenvalue weighted by molar-refractivity contribution is 5.94. The van der Waals surface area contributed by atoms with Crippen LogP contribution in [0.4, 0.5) is 9.18 Å². The molecule has 11 heteroatoms. The molecule has 2 aliphatic rings. The maximum absolute atomic E-state index is 14.8. The Morgan fingerprint density at radius 1 is 1.17 bits per heavy atom. The molecule has 41 heavy (non-hydrogen) atoms. The van der Waals surface area contributed by atoms with Gasteiger partial charge in [0.15, 0.2) is 11.5 Å². The molecule has 218 valence electrons. The van der Waals surface area contributed by atoms with E-state index in [1.165, 1.54) is 6.07 Å². The van der Waals surface area contributed by atoms with Crippen molar-refractivity contribution in [1.82, 2.24) is 20.2 Å². The zero-order valence-electron chi connectivity index (χ0n) is 23.4. The monoisotopic (exact) mass is 566 g/mol. The van der Waals surface area contributed by atoms with E-state index in [4.69, 9.17) is 18.9 Å². The van der Waals surface area contributed by atoms with Crippen LogP contribution in [0.5, 0.6) is 17.2 Å². The van der Waals surface area contributed by atoms with Gasteiger partial charge < -0.3 is 34.1 Å². The third-order valence-corrected chi connectivity index (χ3v) is 7.09. The predicted molar refractivity (Wildman–Crippen MR) is 148 cm³/mol. The van der Waals surface area contributed by atoms with Crippen molar-refractivity contribution in [3.05, 3.63) is 71.6 Å². The Labute approximate surface area is 238 Å². The van der Waals surface area contributed by atoms with E-state index in [2.05, 4.69) is 15.3 Å². The molecule has 2 amide bonds. The van der Waals surface area contributed by atoms with Crippen LogP contribution in [0, 0.1) is 11.7 Å². The first kappa shape index (κ1) is 28.3. The van der Waals surface area contributed by atoms with Gasteiger partial charge in [0.1, 0.15) is 17.2 Å². The second-order valence-corrected chi connectivity index (χ2v) is 11.2. The molecule has 2 atom stereocenters. The summed E-state index contributed by atoms with van der Waals surface area (Å²) in [6.45, 7) is 7.12. The Hall–Kier alpha value is -4.28. The summed E-state index contributed by atoms with van der Waals surface area (Å²) in [7, 11) is 0. The lowest BCUT2D eigenvalue weighted by Crippen LogP contribution is -2.46. The van der Waals surface area contributed by atoms with Gasteiger partial charge in [0.25, 0.3) is 5.91 Å². The van der Waals surface area contributed by atoms with Crippen molar-refractivity contribution < 1.29 is 32.9 Å². The maximum Gasteiger partial charge on any atom is 0.410 e. The van der Waals surface area contributed by atoms with Crippen LogP contribution in [-0.4, -0.2) is 65.5 Å². The number of halogens is 1. The molecule has 0 radical (unpaired) electrons. The van der Waals surface area contributed by atoms with Crippen LogP contribution in [-0.2, 0) is 11.2 Å². The van der Waals surface area contributed by atoms with Crippen LogP contribution in [0.1, 0.15) is 54.7 Å². The van der Waals surface area contributed by atoms with Gasteiger partial charge in [0, 0.05) is 49.9 Å². The number of likely N-dealkylation sites (tertiary alicyclic amines) is 1. The smallest absolute Gasteiger partial charge is 0.410 e. The van der Waals surface area contributed by atoms with Crippen LogP contribution < -0.4 is 19.5 Å². The summed E-state index contributed by atoms with van der Waals surface area (Å²) in [6, 6.07) is 10.0. The molecule has 2 aliphatic heterocycles. The SMILES string of the molecule is CC(C)(C)OC(=O)N1CC[C@@H](c2ccc(F)c(C(=O)NCCc3cnc[nH]3)c2)[C@H](COc2ccc3c(c2)OCO3)C1. The highest BCUT2D eigenvalue weighted by Crippen LogP contribution is 2.38. The van der Waals surface area contributed by atoms with E-state index in [9.17, 15) is 14.0 Å². The van der Waals surface area contributed by atoms with E-state index in [1.807, 2.05) is 20.8 Å². The normalized spacial score (nSPS) is 18.2. The minimum atomic E-state index is -0.622. The Morgan fingerprint density at radius 2 is 2.00 bits per heavy atom. The second kappa shape index (κ2) is 12.1. The van der Waals surface area contributed by atoms with Crippen LogP contribution in [0.3, 0.4) is 0 Å². The first-order valence-corrected chi connectivity index (χ1v) is 13.7. The van der Waals surface area contributed by atoms with Gasteiger partial charge in [-0.25, -0.2) is 14.2 Å². The molecular formula is C30H35FN4O6. The zero-order valence-corrected chi connectivity index (χ0v) is 23.4. The summed E-state index contributed by atoms with van der Waals surface area (Å²) in [5, 5.41) is 2.79. The molecule has 3 aromatic rings. The lowest BCUT2D eigenvalue weighted by molar-refractivity contribution is 0.0111. The number of nitrogens with one attached hydrogen (secondary N) is 2. The van der Waals surface area contributed by atoms with Crippen molar-refractivity contribution in [3.63, 3.8) is 0 Å². The highest BCUT2D eigenvalue weighted by Gasteiger charge is 2.35. The molecule has 1 fully saturated rings. The Morgan fingerprint density at radius 3 is 2.78 bits per heavy atom. The van der Waals surface area contributed by atoms with E-state index in [0.717, 1.165) is 11.3 Å². The van der Waals surface area contributed by atoms with Crippen molar-refractivity contribution in [1.29, 1.82) is 0 Å². The zero-order chi connectivity index (χ0) is 29.0. The topological polar surface area (TPSA) is 115 Å². The number of carbonyl (C=O) groups is 2. The van der Waals surface area contributed by atoms with Crippen molar-refractivity contribution in [2.75, 3.05) is 33.0 Å². The minimum Gasteiger partial charge on any atom is -0.493 e. The number of ether oxygens (including phenoxy) is 4. The number of nitrogens with zero attached hydrogens (tertiary/aromatic N) is 2. The summed E-state index contributed by atoms with van der Waals surface area (Å²) >= 11 is 0. The standard InChI is InChI=1S/C30H35FN4O6/c1-30(2,3)41-29(37)35-11-9-23(20(15-35)16-38-22-5-7-26-27(13-22)40-18-39-26)19-4-6-25(31)24(12-19)28(36)33-10-8-21-14-32-17-34-21/h4-7,12-14,17,20,23H,8-11,15-16,18H2,1-3H3,(H,32,34)(H,33,36)/t20-,23-/m0/s1. The van der Waals surface area contributed by atoms with Crippen LogP contribution in [0.2, 0.25) is 0 Å². The molecule has 0 bridgehead atoms. The third-order valence-electron chi connectivity index (χ3n) is 7.09. The Kier molecular flexibility index (Phi) is 8.32. The quantitative estimate of drug-likeness (QED) is 0.407. The summed E-state index contributed by atoms with van der Waals surface area (Å²) < 4.78 is 37.4. The average molecular weight is 567 g/mol. The fourth-order valence-corrected chi connectivity index (χ4v) is 5.08. The number of carbonyl (C=O) groups excluding carboxylic acids is 2. The van der Waals surface area contributed by atoms with Gasteiger partial charge in [-0.05, 0) is 62.9 Å². The molecule has 2 aromatic carbocycles. The number of rotatable bonds is 8. The van der Waals surface area contributed by atoms with E-state index in [-0.39, 0.29) is 36.9 Å². The molecule has 3 heterocycles. The maximum atomic E-state index is 14.8. The molecule has 2 N–H and O–H groups in total. The Bertz CT molecular complexity index is 1370. The number of aromatic nitrogens is 2.